The fourth-order valence-electron chi connectivity index (χ4n) is 14.8. The number of nitrogens with one attached hydrogen (secondary N) is 4. The van der Waals surface area contributed by atoms with E-state index in [1.54, 1.807) is 6.66 Å². The molecule has 40 nitrogen and oxygen atoms in total. The number of hydrogen-bond acceptors (Lipinski definition) is 32. The lowest BCUT2D eigenvalue weighted by Crippen LogP contribution is -2.35. The Morgan fingerprint density at radius 1 is 0.496 bits per heavy atom. The summed E-state index contributed by atoms with van der Waals surface area (Å²) in [6.07, 6.45) is 32.4. The van der Waals surface area contributed by atoms with Gasteiger partial charge in [0.2, 0.25) is 10.0 Å². The third kappa shape index (κ3) is 43.1. The van der Waals surface area contributed by atoms with Crippen molar-refractivity contribution in [1.29, 1.82) is 25.3 Å². The molecule has 141 heavy (non-hydrogen) atoms. The molecule has 0 spiro atoms. The fraction of sp³-hybridized carbons (Fsp3) is 0.649. The highest BCUT2D eigenvalue weighted by atomic mass is 31.2. The molecule has 4 aliphatic heterocycles. The van der Waals surface area contributed by atoms with Gasteiger partial charge in [-0.15, -0.1) is 49.4 Å². The van der Waals surface area contributed by atoms with Crippen molar-refractivity contribution in [2.75, 3.05) is 80.9 Å². The zero-order chi connectivity index (χ0) is 109. The molecule has 19 atom stereocenters. The largest absolute Gasteiger partial charge is 0.474 e. The van der Waals surface area contributed by atoms with Crippen molar-refractivity contribution in [2.45, 2.75) is 309 Å². The van der Waals surface area contributed by atoms with Gasteiger partial charge in [0.15, 0.2) is 16.8 Å². The highest BCUT2D eigenvalue weighted by Crippen LogP contribution is 2.55. The average Bonchev–Trinajstić information content (AvgIpc) is 1.62. The van der Waals surface area contributed by atoms with Crippen LogP contribution in [0.15, 0.2) is 63.1 Å². The lowest BCUT2D eigenvalue weighted by Gasteiger charge is -2.37. The maximum atomic E-state index is 12.4. The Balaban J connectivity index is 0.000000466. The molecule has 1 saturated carbocycles. The zero-order valence-corrected chi connectivity index (χ0v) is 86.0. The monoisotopic (exact) mass is 2050 g/mol. The minimum absolute atomic E-state index is 0.0165. The molecule has 5 fully saturated rings. The first-order chi connectivity index (χ1) is 70.6. The van der Waals surface area contributed by atoms with Crippen LogP contribution in [-0.2, 0) is 55.1 Å². The quantitative estimate of drug-likeness (QED) is 0.0113. The van der Waals surface area contributed by atoms with Crippen LogP contribution in [0.1, 0.15) is 257 Å². The number of H-pyrrole nitrogens is 4. The first-order valence-corrected chi connectivity index (χ1v) is 51.4. The van der Waals surface area contributed by atoms with Crippen molar-refractivity contribution < 1.29 is 89.5 Å². The summed E-state index contributed by atoms with van der Waals surface area (Å²) in [6, 6.07) is 8.66. The van der Waals surface area contributed by atoms with Crippen LogP contribution in [0.25, 0.3) is 0 Å². The molecule has 9 N–H and O–H groups in total. The molecule has 0 radical (unpaired) electrons. The van der Waals surface area contributed by atoms with Gasteiger partial charge < -0.3 is 85.4 Å². The van der Waals surface area contributed by atoms with E-state index >= 15 is 0 Å². The Hall–Kier alpha value is -9.64. The van der Waals surface area contributed by atoms with Crippen LogP contribution in [-0.4, -0.2) is 231 Å². The molecule has 10 rings (SSSR count). The van der Waals surface area contributed by atoms with E-state index in [0.717, 1.165) is 69.3 Å². The van der Waals surface area contributed by atoms with Crippen LogP contribution < -0.4 is 49.7 Å². The van der Waals surface area contributed by atoms with E-state index in [0.29, 0.717) is 45.1 Å². The molecule has 4 aromatic rings. The van der Waals surface area contributed by atoms with Gasteiger partial charge in [0.25, 0.3) is 39.3 Å². The summed E-state index contributed by atoms with van der Waals surface area (Å²) in [7, 11) is -1.25. The molecule has 6 aliphatic rings. The number of aromatic amines is 4. The molecule has 0 aromatic carbocycles. The van der Waals surface area contributed by atoms with E-state index in [1.165, 1.54) is 77.2 Å². The van der Waals surface area contributed by atoms with Crippen LogP contribution in [0.4, 0.5) is 0 Å². The predicted octanol–water partition coefficient (Wildman–Crippen LogP) is 9.90. The standard InChI is InChI=1S/C21H31N4O6P.C21H26N3O5P.C20H29N4O5P.C17H20N2O5.C15H22NO2P.3CH4O/c1-7-10-28-18-13-24(21(27)23-20(18)26)19-12-17(16(6)30-19)31-32(29-11-8-9-22)25(14(2)3)15(4)5;1-4-5-6-7-8-9-11-17-15-24(21(26)23-20(17)25)19-14-18(16(2)28-19)29-30(3)27-13-10-12-22;1-7-16-12-23(20(26)22-19(16)25)18-11-17(15(6)28-18)29-30(27-10-8-9-21)24(13(2)3)14(4)5;1-2-3-4-5-6-7-8-12-10-19(17(23)18-16(12)22)15-9-13(21)14(11-20)24-15;1-19(17-11-6-10-16)18-12-9-15-13-7-4-2-3-5-8-14(13)15;3*1-2/h1,13-17,19H,8,10-12H2,2-6H3,(H,23,26,27);1,15-16,18-19H,5-8,10,13-14H2,2-3H3,(H,23,25,26);1,12-15,17-18H,8,10-11H2,2-6H3,(H,22,25,26);1,10,13-15,20-21H,3-6,9,11H2,(H,18,22,23);13-15H,4-9,11-12H2,1H3;3*2H,1H3/t16-,17-,19-,32?;16-,18?,19-,30?;15-,17?,18-,30?;13?,14-,15-;13-,14+,15?,19?;;;/m1111..../s1/i6D;2D;6D;;;3*2T. The number of aliphatic hydroxyl groups excluding tert-OH is 5. The Morgan fingerprint density at radius 3 is 1.22 bits per heavy atom. The third-order valence-electron chi connectivity index (χ3n) is 21.3. The molecular weight excluding hydrogens is 1900 g/mol. The lowest BCUT2D eigenvalue weighted by atomic mass is 10.1. The Morgan fingerprint density at radius 2 is 0.851 bits per heavy atom. The van der Waals surface area contributed by atoms with Gasteiger partial charge in [-0.1, -0.05) is 35.5 Å². The number of rotatable bonds is 41. The normalized spacial score (nSPS) is 22.8. The van der Waals surface area contributed by atoms with Gasteiger partial charge in [-0.3, -0.25) is 57.4 Å². The van der Waals surface area contributed by atoms with Crippen molar-refractivity contribution in [1.82, 2.24) is 47.5 Å². The number of aliphatic hydroxyl groups is 5. The number of unbranched alkanes of at least 4 members (excludes halogenated alkanes) is 6. The van der Waals surface area contributed by atoms with Gasteiger partial charge in [0, 0.05) is 146 Å². The number of nitrogens with zero attached hydrogens (tertiary/aromatic N) is 10. The number of terminal acetylenes is 4. The number of nitriles is 4. The van der Waals surface area contributed by atoms with Crippen LogP contribution >= 0.6 is 33.8 Å². The summed E-state index contributed by atoms with van der Waals surface area (Å²) < 4.78 is 125. The molecule has 0 bridgehead atoms. The lowest BCUT2D eigenvalue weighted by molar-refractivity contribution is -0.0459. The minimum atomic E-state index is -1.55. The van der Waals surface area contributed by atoms with E-state index in [2.05, 4.69) is 122 Å². The highest BCUT2D eigenvalue weighted by molar-refractivity contribution is 7.46. The van der Waals surface area contributed by atoms with Gasteiger partial charge in [0.05, 0.1) is 139 Å². The number of ether oxygens (including phenoxy) is 5. The zero-order valence-electron chi connectivity index (χ0n) is 88.5. The minimum Gasteiger partial charge on any atom is -0.474 e. The summed E-state index contributed by atoms with van der Waals surface area (Å²) in [5, 5.41) is 64.1. The van der Waals surface area contributed by atoms with Crippen molar-refractivity contribution in [3.63, 3.8) is 0 Å². The fourth-order valence-corrected chi connectivity index (χ4v) is 20.1. The Labute approximate surface area is 839 Å². The number of aromatic nitrogens is 8. The Kier molecular flexibility index (Phi) is 57.2. The van der Waals surface area contributed by atoms with Gasteiger partial charge >= 0.3 is 22.8 Å². The Bertz CT molecular complexity index is 5630. The molecule has 2 aliphatic carbocycles. The molecule has 8 unspecified atom stereocenters. The summed E-state index contributed by atoms with van der Waals surface area (Å²) in [5.74, 6) is 30.0. The van der Waals surface area contributed by atoms with Crippen molar-refractivity contribution in [2.24, 2.45) is 17.8 Å². The van der Waals surface area contributed by atoms with Gasteiger partial charge in [-0.2, -0.15) is 21.0 Å². The summed E-state index contributed by atoms with van der Waals surface area (Å²) in [6.45, 7) is 21.3. The van der Waals surface area contributed by atoms with E-state index in [1.807, 2.05) is 68.1 Å². The molecule has 0 amide bonds. The number of fused-ring (bicyclic) bond motifs is 1. The maximum absolute atomic E-state index is 12.4. The van der Waals surface area contributed by atoms with Crippen LogP contribution in [0, 0.1) is 148 Å². The van der Waals surface area contributed by atoms with E-state index in [-0.39, 0.29) is 139 Å². The third-order valence-corrected chi connectivity index (χ3v) is 27.8. The predicted molar refractivity (Wildman–Crippen MR) is 535 cm³/mol. The van der Waals surface area contributed by atoms with Crippen LogP contribution in [0.3, 0.4) is 0 Å². The van der Waals surface area contributed by atoms with Gasteiger partial charge in [-0.25, -0.2) is 28.5 Å². The molecule has 4 saturated heterocycles. The van der Waals surface area contributed by atoms with Crippen LogP contribution in [0.5, 0.6) is 5.75 Å². The average molecular weight is 2050 g/mol. The summed E-state index contributed by atoms with van der Waals surface area (Å²) >= 11 is 0. The van der Waals surface area contributed by atoms with Gasteiger partial charge in [-0.05, 0) is 139 Å². The molecular formula is C97H140N14O26P4. The summed E-state index contributed by atoms with van der Waals surface area (Å²) in [5.41, 5.74) is -4.66. The van der Waals surface area contributed by atoms with Crippen molar-refractivity contribution in [3.8, 4) is 115 Å². The highest BCUT2D eigenvalue weighted by Gasteiger charge is 2.48. The number of hydrogen-bond donors (Lipinski definition) is 9. The first-order valence-electron chi connectivity index (χ1n) is 49.2. The maximum Gasteiger partial charge on any atom is 0.330 e. The topological polar surface area (TPSA) is 542 Å². The molecule has 8 heterocycles. The molecule has 774 valence electrons. The van der Waals surface area contributed by atoms with Crippen molar-refractivity contribution >= 4 is 33.8 Å². The first kappa shape index (κ1) is 115. The van der Waals surface area contributed by atoms with E-state index in [4.69, 9.17) is 120 Å². The van der Waals surface area contributed by atoms with Crippen molar-refractivity contribution in [3.05, 3.63) is 125 Å². The second kappa shape index (κ2) is 70.1. The summed E-state index contributed by atoms with van der Waals surface area (Å²) in [4.78, 5) is 106. The molecule has 4 aromatic heterocycles. The van der Waals surface area contributed by atoms with Crippen LogP contribution in [0.2, 0.25) is 0 Å². The second-order valence-electron chi connectivity index (χ2n) is 32.5. The van der Waals surface area contributed by atoms with Gasteiger partial charge in [0.1, 0.15) is 54.3 Å². The second-order valence-corrected chi connectivity index (χ2v) is 38.0. The SMILES string of the molecule is C#CCCCCC#Cc1cn([C@H]2CC(O)[C@@H](CO)O2)c(=O)[nH]c1=O.CP(OCCC#N)OCCC1[C@H]2CCC#CCC[C@@H]12.[2H]C[C@H]1O[C@@H](n2cc(C#C)c(=O)[nH]c2=O)CC1OP(OCCC#N)N(C(C)C)C(C)C.[2H]C[C@H]1O[C@@H](n2cc(C#CCCCCC#C)c(=O)[nH]c2=O)CC1OP(C)OCCC#N.[2H]C[C@H]1O[C@@H](n2cc(OCC#C)c(=O)[nH]c2=O)C[C@H]1OP(OCCC#N)N(C(C)C)C(C)C.[3H]OC.[3H]OC.[3H]OC. The molecule has 44 heteroatoms. The van der Waals surface area contributed by atoms with E-state index < -0.39 is 153 Å². The van der Waals surface area contributed by atoms with E-state index in [9.17, 15) is 43.5 Å². The smallest absolute Gasteiger partial charge is 0.330 e.